The number of hydrogen-bond acceptors (Lipinski definition) is 4. The summed E-state index contributed by atoms with van der Waals surface area (Å²) in [6.45, 7) is 1.93. The van der Waals surface area contributed by atoms with Crippen LogP contribution in [0.5, 0.6) is 5.75 Å². The van der Waals surface area contributed by atoms with Gasteiger partial charge in [0.2, 0.25) is 0 Å². The van der Waals surface area contributed by atoms with Gasteiger partial charge in [0.1, 0.15) is 16.8 Å². The number of nitriles is 1. The number of thiophene rings is 1. The Kier molecular flexibility index (Phi) is 3.76. The molecular weight excluding hydrogens is 280 g/mol. The zero-order valence-corrected chi connectivity index (χ0v) is 12.7. The van der Waals surface area contributed by atoms with E-state index in [1.165, 1.54) is 16.9 Å². The molecule has 0 unspecified atom stereocenters. The van der Waals surface area contributed by atoms with E-state index in [-0.39, 0.29) is 5.75 Å². The summed E-state index contributed by atoms with van der Waals surface area (Å²) in [7, 11) is 0. The van der Waals surface area contributed by atoms with Gasteiger partial charge in [-0.3, -0.25) is 0 Å². The van der Waals surface area contributed by atoms with Gasteiger partial charge in [-0.1, -0.05) is 6.07 Å². The van der Waals surface area contributed by atoms with Crippen LogP contribution in [0.2, 0.25) is 0 Å². The molecule has 1 aromatic heterocycles. The van der Waals surface area contributed by atoms with E-state index in [9.17, 15) is 10.4 Å². The van der Waals surface area contributed by atoms with Gasteiger partial charge in [-0.2, -0.15) is 5.26 Å². The van der Waals surface area contributed by atoms with Crippen molar-refractivity contribution >= 4 is 22.6 Å². The Morgan fingerprint density at radius 3 is 2.90 bits per heavy atom. The van der Waals surface area contributed by atoms with E-state index in [0.717, 1.165) is 35.4 Å². The van der Waals surface area contributed by atoms with Crippen molar-refractivity contribution in [1.29, 1.82) is 5.26 Å². The normalized spacial score (nSPS) is 14.1. The van der Waals surface area contributed by atoms with Crippen molar-refractivity contribution in [2.75, 3.05) is 0 Å². The average molecular weight is 296 g/mol. The van der Waals surface area contributed by atoms with Crippen LogP contribution in [0.15, 0.2) is 23.2 Å². The number of rotatable bonds is 2. The van der Waals surface area contributed by atoms with Gasteiger partial charge >= 0.3 is 0 Å². The lowest BCUT2D eigenvalue weighted by atomic mass is 9.96. The van der Waals surface area contributed by atoms with Gasteiger partial charge in [0, 0.05) is 16.7 Å². The van der Waals surface area contributed by atoms with Crippen LogP contribution < -0.4 is 0 Å². The molecule has 0 saturated carbocycles. The predicted octanol–water partition coefficient (Wildman–Crippen LogP) is 4.26. The lowest BCUT2D eigenvalue weighted by Gasteiger charge is -2.09. The monoisotopic (exact) mass is 296 g/mol. The summed E-state index contributed by atoms with van der Waals surface area (Å²) in [5, 5.41) is 20.1. The fourth-order valence-electron chi connectivity index (χ4n) is 2.65. The quantitative estimate of drug-likeness (QED) is 0.842. The molecular formula is C17H16N2OS. The average Bonchev–Trinajstić information content (AvgIpc) is 2.83. The van der Waals surface area contributed by atoms with Gasteiger partial charge in [0.05, 0.1) is 5.56 Å². The molecule has 0 bridgehead atoms. The van der Waals surface area contributed by atoms with Gasteiger partial charge in [-0.25, -0.2) is 4.99 Å². The Morgan fingerprint density at radius 2 is 2.14 bits per heavy atom. The number of aromatic hydroxyl groups is 1. The fraction of sp³-hybridized carbons (Fsp3) is 0.294. The second-order valence-corrected chi connectivity index (χ2v) is 6.41. The predicted molar refractivity (Wildman–Crippen MR) is 85.8 cm³/mol. The van der Waals surface area contributed by atoms with E-state index in [2.05, 4.69) is 11.1 Å². The van der Waals surface area contributed by atoms with E-state index in [1.54, 1.807) is 23.6 Å². The topological polar surface area (TPSA) is 56.4 Å². The van der Waals surface area contributed by atoms with Gasteiger partial charge in [-0.15, -0.1) is 11.3 Å². The minimum atomic E-state index is 0.221. The molecule has 0 radical (unpaired) electrons. The Labute approximate surface area is 128 Å². The fourth-order valence-corrected chi connectivity index (χ4v) is 3.83. The molecule has 0 spiro atoms. The van der Waals surface area contributed by atoms with E-state index in [1.807, 2.05) is 19.1 Å². The summed E-state index contributed by atoms with van der Waals surface area (Å²) in [6.07, 6.45) is 6.04. The van der Waals surface area contributed by atoms with Crippen molar-refractivity contribution in [2.24, 2.45) is 4.99 Å². The second-order valence-electron chi connectivity index (χ2n) is 5.32. The highest BCUT2D eigenvalue weighted by atomic mass is 32.1. The Balaban J connectivity index is 1.96. The highest BCUT2D eigenvalue weighted by Crippen LogP contribution is 2.39. The van der Waals surface area contributed by atoms with Crippen LogP contribution in [0.4, 0.5) is 5.00 Å². The lowest BCUT2D eigenvalue weighted by Crippen LogP contribution is -1.99. The van der Waals surface area contributed by atoms with Crippen molar-refractivity contribution in [2.45, 2.75) is 32.6 Å². The zero-order chi connectivity index (χ0) is 14.8. The molecule has 0 fully saturated rings. The third kappa shape index (κ3) is 2.70. The van der Waals surface area contributed by atoms with Crippen LogP contribution in [0.25, 0.3) is 0 Å². The molecule has 3 rings (SSSR count). The van der Waals surface area contributed by atoms with Gasteiger partial charge in [0.25, 0.3) is 0 Å². The molecule has 1 aliphatic carbocycles. The van der Waals surface area contributed by atoms with Crippen LogP contribution >= 0.6 is 11.3 Å². The Morgan fingerprint density at radius 1 is 1.33 bits per heavy atom. The van der Waals surface area contributed by atoms with Crippen LogP contribution in [-0.2, 0) is 12.8 Å². The number of nitrogens with zero attached hydrogens (tertiary/aromatic N) is 2. The molecule has 3 nitrogen and oxygen atoms in total. The van der Waals surface area contributed by atoms with Crippen LogP contribution in [0.3, 0.4) is 0 Å². The number of aliphatic imine (C=N–C) groups is 1. The highest BCUT2D eigenvalue weighted by molar-refractivity contribution is 7.16. The van der Waals surface area contributed by atoms with Gasteiger partial charge in [0.15, 0.2) is 0 Å². The van der Waals surface area contributed by atoms with E-state index < -0.39 is 0 Å². The third-order valence-electron chi connectivity index (χ3n) is 3.77. The number of aryl methyl sites for hydroxylation is 2. The number of phenolic OH excluding ortho intramolecular Hbond substituents is 1. The molecule has 21 heavy (non-hydrogen) atoms. The van der Waals surface area contributed by atoms with Crippen LogP contribution in [0, 0.1) is 18.3 Å². The van der Waals surface area contributed by atoms with Crippen molar-refractivity contribution in [3.05, 3.63) is 45.3 Å². The second kappa shape index (κ2) is 5.71. The molecule has 0 saturated heterocycles. The molecule has 4 heteroatoms. The summed E-state index contributed by atoms with van der Waals surface area (Å²) in [6, 6.07) is 7.79. The molecule has 0 amide bonds. The maximum atomic E-state index is 9.91. The number of phenols is 1. The van der Waals surface area contributed by atoms with Gasteiger partial charge in [-0.05, 0) is 55.9 Å². The van der Waals surface area contributed by atoms with E-state index in [4.69, 9.17) is 0 Å². The van der Waals surface area contributed by atoms with Gasteiger partial charge < -0.3 is 5.11 Å². The van der Waals surface area contributed by atoms with Crippen LogP contribution in [0.1, 0.15) is 40.0 Å². The minimum absolute atomic E-state index is 0.221. The van der Waals surface area contributed by atoms with E-state index >= 15 is 0 Å². The highest BCUT2D eigenvalue weighted by Gasteiger charge is 2.20. The molecule has 1 aromatic carbocycles. The van der Waals surface area contributed by atoms with Crippen LogP contribution in [-0.4, -0.2) is 11.3 Å². The van der Waals surface area contributed by atoms with Crippen molar-refractivity contribution in [3.63, 3.8) is 0 Å². The molecule has 1 aliphatic rings. The summed E-state index contributed by atoms with van der Waals surface area (Å²) >= 11 is 1.61. The summed E-state index contributed by atoms with van der Waals surface area (Å²) in [4.78, 5) is 5.76. The lowest BCUT2D eigenvalue weighted by molar-refractivity contribution is 0.474. The first-order valence-corrected chi connectivity index (χ1v) is 7.89. The zero-order valence-electron chi connectivity index (χ0n) is 11.9. The standard InChI is InChI=1S/C17H16N2OS/c1-11-6-7-12(15(20)8-11)10-19-17-14(9-18)13-4-2-3-5-16(13)21-17/h6-8,10,20H,2-5H2,1H3. The SMILES string of the molecule is Cc1ccc(C=Nc2sc3c(c2C#N)CCCC3)c(O)c1. The Bertz CT molecular complexity index is 753. The number of benzene rings is 1. The number of hydrogen-bond donors (Lipinski definition) is 1. The molecule has 2 aromatic rings. The minimum Gasteiger partial charge on any atom is -0.507 e. The molecule has 1 heterocycles. The molecule has 0 atom stereocenters. The summed E-state index contributed by atoms with van der Waals surface area (Å²) in [5.74, 6) is 0.221. The molecule has 1 N–H and O–H groups in total. The molecule has 0 aliphatic heterocycles. The smallest absolute Gasteiger partial charge is 0.134 e. The Hall–Kier alpha value is -2.12. The van der Waals surface area contributed by atoms with Crippen molar-refractivity contribution in [3.8, 4) is 11.8 Å². The first-order valence-electron chi connectivity index (χ1n) is 7.07. The third-order valence-corrected chi connectivity index (χ3v) is 4.97. The maximum absolute atomic E-state index is 9.91. The van der Waals surface area contributed by atoms with Crippen molar-refractivity contribution in [1.82, 2.24) is 0 Å². The first kappa shape index (κ1) is 13.8. The van der Waals surface area contributed by atoms with Crippen molar-refractivity contribution < 1.29 is 5.11 Å². The summed E-state index contributed by atoms with van der Waals surface area (Å²) in [5.41, 5.74) is 3.59. The largest absolute Gasteiger partial charge is 0.507 e. The molecule has 106 valence electrons. The first-order chi connectivity index (χ1) is 10.2. The summed E-state index contributed by atoms with van der Waals surface area (Å²) < 4.78 is 0. The number of fused-ring (bicyclic) bond motifs is 1. The maximum Gasteiger partial charge on any atom is 0.134 e. The van der Waals surface area contributed by atoms with E-state index in [0.29, 0.717) is 5.56 Å².